The molecule has 0 aliphatic carbocycles. The van der Waals surface area contributed by atoms with Gasteiger partial charge in [0.1, 0.15) is 11.4 Å². The monoisotopic (exact) mass is 532 g/mol. The van der Waals surface area contributed by atoms with Crippen molar-refractivity contribution < 1.29 is 28.7 Å². The van der Waals surface area contributed by atoms with E-state index in [4.69, 9.17) is 32.7 Å². The highest BCUT2D eigenvalue weighted by Crippen LogP contribution is 2.31. The Morgan fingerprint density at radius 2 is 1.08 bits per heavy atom. The molecule has 2 aromatic rings. The van der Waals surface area contributed by atoms with Gasteiger partial charge in [-0.25, -0.2) is 9.59 Å². The Morgan fingerprint density at radius 1 is 0.694 bits per heavy atom. The number of nitrogens with one attached hydrogen (secondary N) is 4. The van der Waals surface area contributed by atoms with E-state index in [1.165, 1.54) is 0 Å². The first-order valence-corrected chi connectivity index (χ1v) is 11.5. The predicted molar refractivity (Wildman–Crippen MR) is 137 cm³/mol. The van der Waals surface area contributed by atoms with Crippen LogP contribution >= 0.6 is 23.2 Å². The van der Waals surface area contributed by atoms with Crippen LogP contribution in [-0.2, 0) is 28.7 Å². The van der Waals surface area contributed by atoms with Crippen LogP contribution in [0.15, 0.2) is 59.9 Å². The molecule has 2 heterocycles. The van der Waals surface area contributed by atoms with Gasteiger partial charge in [0, 0.05) is 10.0 Å². The van der Waals surface area contributed by atoms with Gasteiger partial charge in [-0.1, -0.05) is 23.2 Å². The summed E-state index contributed by atoms with van der Waals surface area (Å²) in [7, 11) is 0. The lowest BCUT2D eigenvalue weighted by Gasteiger charge is -2.20. The van der Waals surface area contributed by atoms with Crippen LogP contribution in [0.1, 0.15) is 13.8 Å². The van der Waals surface area contributed by atoms with E-state index >= 15 is 0 Å². The average molecular weight is 533 g/mol. The molecule has 188 valence electrons. The van der Waals surface area contributed by atoms with Crippen molar-refractivity contribution in [1.82, 2.24) is 0 Å². The maximum Gasteiger partial charge on any atom is 0.333 e. The Labute approximate surface area is 216 Å². The first kappa shape index (κ1) is 26.6. The largest absolute Gasteiger partial charge is 0.463 e. The minimum absolute atomic E-state index is 0.128. The van der Waals surface area contributed by atoms with Crippen LogP contribution < -0.4 is 21.3 Å². The number of ether oxygens (including phenoxy) is 2. The summed E-state index contributed by atoms with van der Waals surface area (Å²) in [6.45, 7) is 3.91. The molecule has 12 heteroatoms. The van der Waals surface area contributed by atoms with Crippen LogP contribution in [0.25, 0.3) is 0 Å². The summed E-state index contributed by atoms with van der Waals surface area (Å²) in [4.78, 5) is 46.0. The Kier molecular flexibility index (Phi) is 8.93. The van der Waals surface area contributed by atoms with Crippen molar-refractivity contribution in [2.75, 3.05) is 34.5 Å². The average Bonchev–Trinajstić information content (AvgIpc) is 2.81. The molecule has 2 aromatic carbocycles. The first-order chi connectivity index (χ1) is 17.2. The second-order valence-corrected chi connectivity index (χ2v) is 8.03. The number of rotatable bonds is 4. The third-order valence-electron chi connectivity index (χ3n) is 4.59. The number of anilines is 4. The van der Waals surface area contributed by atoms with Crippen LogP contribution in [0.5, 0.6) is 0 Å². The number of carbonyl (C=O) groups is 4. The van der Waals surface area contributed by atoms with E-state index in [0.717, 1.165) is 12.2 Å². The summed E-state index contributed by atoms with van der Waals surface area (Å²) >= 11 is 11.7. The molecule has 0 unspecified atom stereocenters. The lowest BCUT2D eigenvalue weighted by molar-refractivity contribution is -0.138. The molecule has 0 atom stereocenters. The number of esters is 2. The van der Waals surface area contributed by atoms with Gasteiger partial charge in [-0.2, -0.15) is 0 Å². The molecule has 2 aliphatic rings. The topological polar surface area (TPSA) is 135 Å². The Balaban J connectivity index is 0.000000201. The van der Waals surface area contributed by atoms with Gasteiger partial charge in [0.15, 0.2) is 0 Å². The summed E-state index contributed by atoms with van der Waals surface area (Å²) < 4.78 is 9.49. The van der Waals surface area contributed by atoms with Gasteiger partial charge in [0.05, 0.1) is 48.1 Å². The number of fused-ring (bicyclic) bond motifs is 2. The highest BCUT2D eigenvalue weighted by atomic mass is 35.5. The lowest BCUT2D eigenvalue weighted by atomic mass is 10.2. The molecule has 0 radical (unpaired) electrons. The second kappa shape index (κ2) is 12.1. The zero-order chi connectivity index (χ0) is 26.2. The van der Waals surface area contributed by atoms with Gasteiger partial charge in [0.25, 0.3) is 11.8 Å². The summed E-state index contributed by atoms with van der Waals surface area (Å²) in [6.07, 6.45) is 2.24. The van der Waals surface area contributed by atoms with Gasteiger partial charge in [-0.15, -0.1) is 0 Å². The smallest absolute Gasteiger partial charge is 0.333 e. The molecule has 0 bridgehead atoms. The van der Waals surface area contributed by atoms with E-state index in [1.54, 1.807) is 50.2 Å². The van der Waals surface area contributed by atoms with Gasteiger partial charge >= 0.3 is 11.9 Å². The molecular weight excluding hydrogens is 511 g/mol. The van der Waals surface area contributed by atoms with Crippen LogP contribution in [0.3, 0.4) is 0 Å². The van der Waals surface area contributed by atoms with E-state index in [9.17, 15) is 19.2 Å². The van der Waals surface area contributed by atoms with Crippen molar-refractivity contribution >= 4 is 69.7 Å². The van der Waals surface area contributed by atoms with E-state index in [1.807, 2.05) is 0 Å². The van der Waals surface area contributed by atoms with Crippen LogP contribution in [0.4, 0.5) is 22.7 Å². The van der Waals surface area contributed by atoms with Crippen LogP contribution in [0.2, 0.25) is 10.0 Å². The molecule has 0 aromatic heterocycles. The second-order valence-electron chi connectivity index (χ2n) is 7.16. The quantitative estimate of drug-likeness (QED) is 0.338. The van der Waals surface area contributed by atoms with Gasteiger partial charge in [0.2, 0.25) is 0 Å². The summed E-state index contributed by atoms with van der Waals surface area (Å²) in [5.74, 6) is -1.93. The van der Waals surface area contributed by atoms with Crippen LogP contribution in [0, 0.1) is 0 Å². The molecule has 2 amide bonds. The minimum atomic E-state index is -0.569. The lowest BCUT2D eigenvalue weighted by Crippen LogP contribution is -2.26. The van der Waals surface area contributed by atoms with E-state index in [2.05, 4.69) is 21.3 Å². The van der Waals surface area contributed by atoms with Crippen LogP contribution in [-0.4, -0.2) is 37.0 Å². The molecule has 0 saturated heterocycles. The molecule has 0 fully saturated rings. The zero-order valence-corrected chi connectivity index (χ0v) is 20.8. The fraction of sp³-hybridized carbons (Fsp3) is 0.167. The van der Waals surface area contributed by atoms with Gasteiger partial charge in [-0.05, 0) is 50.2 Å². The van der Waals surface area contributed by atoms with E-state index in [0.29, 0.717) is 32.8 Å². The number of benzene rings is 2. The molecule has 10 nitrogen and oxygen atoms in total. The number of hydrogen-bond donors (Lipinski definition) is 4. The molecule has 4 rings (SSSR count). The molecule has 4 N–H and O–H groups in total. The van der Waals surface area contributed by atoms with Crippen molar-refractivity contribution in [3.8, 4) is 0 Å². The molecular formula is C24H22Cl2N4O6. The molecule has 0 spiro atoms. The fourth-order valence-electron chi connectivity index (χ4n) is 3.05. The van der Waals surface area contributed by atoms with Crippen molar-refractivity contribution in [1.29, 1.82) is 0 Å². The standard InChI is InChI=1S/2C12H11ClN2O3/c1-2-18-11(16)6-10-12(17)15-8-4-3-7(13)5-9(8)14-10;1-2-18-11(16)6-10-12(17)15-9-5-7(13)3-4-8(9)14-10/h2*3-6,14H,2H2,1H3,(H,15,17)/b2*10-6+. The third-order valence-corrected chi connectivity index (χ3v) is 5.06. The van der Waals surface area contributed by atoms with Crippen molar-refractivity contribution in [3.05, 3.63) is 70.0 Å². The summed E-state index contributed by atoms with van der Waals surface area (Å²) in [5.41, 5.74) is 2.78. The number of hydrogen-bond acceptors (Lipinski definition) is 8. The predicted octanol–water partition coefficient (Wildman–Crippen LogP) is 4.30. The number of halogens is 2. The Morgan fingerprint density at radius 3 is 1.56 bits per heavy atom. The number of carbonyl (C=O) groups excluding carboxylic acids is 4. The summed E-state index contributed by atoms with van der Waals surface area (Å²) in [5, 5.41) is 12.0. The van der Waals surface area contributed by atoms with E-state index < -0.39 is 23.8 Å². The van der Waals surface area contributed by atoms with Crippen molar-refractivity contribution in [2.24, 2.45) is 0 Å². The molecule has 2 aliphatic heterocycles. The SMILES string of the molecule is CCOC(=O)/C=C1/Nc2cc(Cl)ccc2NC1=O.CCOC(=O)/C=C1/Nc2ccc(Cl)cc2NC1=O. The number of amides is 2. The third kappa shape index (κ3) is 7.00. The highest BCUT2D eigenvalue weighted by Gasteiger charge is 2.22. The van der Waals surface area contributed by atoms with Crippen molar-refractivity contribution in [2.45, 2.75) is 13.8 Å². The minimum Gasteiger partial charge on any atom is -0.463 e. The molecule has 0 saturated carbocycles. The van der Waals surface area contributed by atoms with E-state index in [-0.39, 0.29) is 24.6 Å². The van der Waals surface area contributed by atoms with Crippen molar-refractivity contribution in [3.63, 3.8) is 0 Å². The Hall–Kier alpha value is -4.02. The summed E-state index contributed by atoms with van der Waals surface area (Å²) in [6, 6.07) is 10.0. The van der Waals surface area contributed by atoms with Gasteiger partial charge < -0.3 is 30.7 Å². The fourth-order valence-corrected chi connectivity index (χ4v) is 3.39. The normalized spacial score (nSPS) is 15.7. The van der Waals surface area contributed by atoms with Gasteiger partial charge in [-0.3, -0.25) is 9.59 Å². The highest BCUT2D eigenvalue weighted by molar-refractivity contribution is 6.31. The zero-order valence-electron chi connectivity index (χ0n) is 19.2. The first-order valence-electron chi connectivity index (χ1n) is 10.7. The maximum absolute atomic E-state index is 11.7. The maximum atomic E-state index is 11.7. The Bertz CT molecular complexity index is 1280. The molecule has 36 heavy (non-hydrogen) atoms.